The van der Waals surface area contributed by atoms with Crippen molar-refractivity contribution in [1.29, 1.82) is 0 Å². The van der Waals surface area contributed by atoms with Gasteiger partial charge >= 0.3 is 0 Å². The number of benzene rings is 1. The van der Waals surface area contributed by atoms with E-state index in [9.17, 15) is 9.59 Å². The molecule has 2 aliphatic heterocycles. The number of carbonyl (C=O) groups is 2. The zero-order chi connectivity index (χ0) is 17.9. The Labute approximate surface area is 152 Å². The van der Waals surface area contributed by atoms with Gasteiger partial charge in [0.25, 0.3) is 0 Å². The standard InChI is InChI=1S/C19H21N5O2/c25-17(16-7-10-24(18(16)26)15-5-2-1-3-6-15)22-11-13-23(14-12-22)19-20-8-4-9-21-19/h1-6,8-9,16H,7,10-14H2. The first kappa shape index (κ1) is 16.5. The molecule has 2 aromatic rings. The lowest BCUT2D eigenvalue weighted by atomic mass is 10.1. The Kier molecular flexibility index (Phi) is 4.51. The summed E-state index contributed by atoms with van der Waals surface area (Å²) >= 11 is 0. The predicted octanol–water partition coefficient (Wildman–Crippen LogP) is 1.18. The highest BCUT2D eigenvalue weighted by molar-refractivity contribution is 6.09. The molecule has 0 N–H and O–H groups in total. The van der Waals surface area contributed by atoms with Crippen LogP contribution < -0.4 is 9.80 Å². The molecule has 1 unspecified atom stereocenters. The minimum atomic E-state index is -0.560. The van der Waals surface area contributed by atoms with Crippen molar-refractivity contribution in [3.8, 4) is 0 Å². The lowest BCUT2D eigenvalue weighted by Crippen LogP contribution is -2.51. The van der Waals surface area contributed by atoms with Gasteiger partial charge in [0.15, 0.2) is 0 Å². The van der Waals surface area contributed by atoms with Gasteiger partial charge in [-0.1, -0.05) is 18.2 Å². The van der Waals surface area contributed by atoms with E-state index in [1.54, 1.807) is 28.3 Å². The minimum absolute atomic E-state index is 0.0536. The number of piperazine rings is 1. The normalized spacial score (nSPS) is 20.5. The second-order valence-corrected chi connectivity index (χ2v) is 6.53. The van der Waals surface area contributed by atoms with Crippen LogP contribution in [0.2, 0.25) is 0 Å². The molecule has 0 aliphatic carbocycles. The van der Waals surface area contributed by atoms with Gasteiger partial charge in [-0.3, -0.25) is 9.59 Å². The van der Waals surface area contributed by atoms with E-state index in [0.717, 1.165) is 5.69 Å². The molecule has 0 spiro atoms. The maximum atomic E-state index is 12.9. The van der Waals surface area contributed by atoms with Crippen LogP contribution in [0.5, 0.6) is 0 Å². The number of carbonyl (C=O) groups excluding carboxylic acids is 2. The molecule has 2 fully saturated rings. The first-order valence-electron chi connectivity index (χ1n) is 8.91. The highest BCUT2D eigenvalue weighted by atomic mass is 16.2. The van der Waals surface area contributed by atoms with Crippen molar-refractivity contribution in [3.05, 3.63) is 48.8 Å². The lowest BCUT2D eigenvalue weighted by Gasteiger charge is -2.35. The zero-order valence-corrected chi connectivity index (χ0v) is 14.5. The van der Waals surface area contributed by atoms with Crippen molar-refractivity contribution in [2.75, 3.05) is 42.5 Å². The fourth-order valence-electron chi connectivity index (χ4n) is 3.58. The molecule has 1 aromatic heterocycles. The molecule has 0 radical (unpaired) electrons. The summed E-state index contributed by atoms with van der Waals surface area (Å²) in [5.74, 6) is -0.0152. The summed E-state index contributed by atoms with van der Waals surface area (Å²) < 4.78 is 0. The minimum Gasteiger partial charge on any atom is -0.338 e. The van der Waals surface area contributed by atoms with Crippen LogP contribution >= 0.6 is 0 Å². The molecule has 0 bridgehead atoms. The molecule has 7 nitrogen and oxygen atoms in total. The van der Waals surface area contributed by atoms with Crippen LogP contribution in [0.15, 0.2) is 48.8 Å². The summed E-state index contributed by atoms with van der Waals surface area (Å²) in [5.41, 5.74) is 0.860. The number of rotatable bonds is 3. The van der Waals surface area contributed by atoms with Crippen LogP contribution in [0.3, 0.4) is 0 Å². The topological polar surface area (TPSA) is 69.6 Å². The molecule has 1 aromatic carbocycles. The average Bonchev–Trinajstić information content (AvgIpc) is 3.10. The molecular weight excluding hydrogens is 330 g/mol. The molecule has 7 heteroatoms. The molecule has 2 saturated heterocycles. The Morgan fingerprint density at radius 1 is 0.923 bits per heavy atom. The number of para-hydroxylation sites is 1. The quantitative estimate of drug-likeness (QED) is 0.777. The average molecular weight is 351 g/mol. The molecule has 3 heterocycles. The van der Waals surface area contributed by atoms with E-state index >= 15 is 0 Å². The zero-order valence-electron chi connectivity index (χ0n) is 14.5. The molecule has 0 saturated carbocycles. The van der Waals surface area contributed by atoms with Gasteiger partial charge in [-0.25, -0.2) is 9.97 Å². The number of amides is 2. The Bertz CT molecular complexity index is 775. The highest BCUT2D eigenvalue weighted by Crippen LogP contribution is 2.26. The lowest BCUT2D eigenvalue weighted by molar-refractivity contribution is -0.140. The summed E-state index contributed by atoms with van der Waals surface area (Å²) in [6.07, 6.45) is 4.01. The third-order valence-electron chi connectivity index (χ3n) is 5.00. The van der Waals surface area contributed by atoms with Crippen molar-refractivity contribution < 1.29 is 9.59 Å². The Hall–Kier alpha value is -2.96. The highest BCUT2D eigenvalue weighted by Gasteiger charge is 2.40. The monoisotopic (exact) mass is 351 g/mol. The van der Waals surface area contributed by atoms with Crippen molar-refractivity contribution in [2.24, 2.45) is 5.92 Å². The van der Waals surface area contributed by atoms with Gasteiger partial charge in [-0.15, -0.1) is 0 Å². The summed E-state index contributed by atoms with van der Waals surface area (Å²) in [6.45, 7) is 3.13. The number of nitrogens with zero attached hydrogens (tertiary/aromatic N) is 5. The number of hydrogen-bond acceptors (Lipinski definition) is 5. The van der Waals surface area contributed by atoms with E-state index in [1.807, 2.05) is 30.3 Å². The van der Waals surface area contributed by atoms with Crippen LogP contribution in [0.4, 0.5) is 11.6 Å². The van der Waals surface area contributed by atoms with Gasteiger partial charge in [0, 0.05) is 50.8 Å². The fourth-order valence-corrected chi connectivity index (χ4v) is 3.58. The van der Waals surface area contributed by atoms with E-state index in [1.165, 1.54) is 0 Å². The van der Waals surface area contributed by atoms with Crippen LogP contribution in [-0.2, 0) is 9.59 Å². The maximum absolute atomic E-state index is 12.9. The van der Waals surface area contributed by atoms with Crippen LogP contribution in [-0.4, -0.2) is 59.4 Å². The van der Waals surface area contributed by atoms with E-state index in [2.05, 4.69) is 14.9 Å². The summed E-state index contributed by atoms with van der Waals surface area (Å²) in [4.78, 5) is 39.7. The molecule has 2 aliphatic rings. The SMILES string of the molecule is O=C(C1CCN(c2ccccc2)C1=O)N1CCN(c2ncccn2)CC1. The summed E-state index contributed by atoms with van der Waals surface area (Å²) in [7, 11) is 0. The van der Waals surface area contributed by atoms with Gasteiger partial charge < -0.3 is 14.7 Å². The molecule has 134 valence electrons. The van der Waals surface area contributed by atoms with Gasteiger partial charge in [0.2, 0.25) is 17.8 Å². The maximum Gasteiger partial charge on any atom is 0.239 e. The van der Waals surface area contributed by atoms with Gasteiger partial charge in [0.1, 0.15) is 5.92 Å². The van der Waals surface area contributed by atoms with E-state index in [-0.39, 0.29) is 11.8 Å². The fraction of sp³-hybridized carbons (Fsp3) is 0.368. The number of aromatic nitrogens is 2. The molecular formula is C19H21N5O2. The number of anilines is 2. The molecule has 2 amide bonds. The largest absolute Gasteiger partial charge is 0.338 e. The second kappa shape index (κ2) is 7.11. The van der Waals surface area contributed by atoms with Crippen molar-refractivity contribution in [1.82, 2.24) is 14.9 Å². The van der Waals surface area contributed by atoms with Crippen molar-refractivity contribution in [2.45, 2.75) is 6.42 Å². The summed E-state index contributed by atoms with van der Waals surface area (Å²) in [6, 6.07) is 11.3. The van der Waals surface area contributed by atoms with E-state index < -0.39 is 5.92 Å². The van der Waals surface area contributed by atoms with Crippen molar-refractivity contribution in [3.63, 3.8) is 0 Å². The van der Waals surface area contributed by atoms with Gasteiger partial charge in [0.05, 0.1) is 0 Å². The Morgan fingerprint density at radius 2 is 1.62 bits per heavy atom. The number of hydrogen-bond donors (Lipinski definition) is 0. The smallest absolute Gasteiger partial charge is 0.239 e. The molecule has 4 rings (SSSR count). The van der Waals surface area contributed by atoms with Gasteiger partial charge in [-0.2, -0.15) is 0 Å². The first-order chi connectivity index (χ1) is 12.7. The van der Waals surface area contributed by atoms with E-state index in [0.29, 0.717) is 45.1 Å². The van der Waals surface area contributed by atoms with Crippen LogP contribution in [0, 0.1) is 5.92 Å². The third-order valence-corrected chi connectivity index (χ3v) is 5.00. The molecule has 1 atom stereocenters. The van der Waals surface area contributed by atoms with Gasteiger partial charge in [-0.05, 0) is 24.6 Å². The third kappa shape index (κ3) is 3.12. The Balaban J connectivity index is 1.38. The second-order valence-electron chi connectivity index (χ2n) is 6.53. The molecule has 26 heavy (non-hydrogen) atoms. The summed E-state index contributed by atoms with van der Waals surface area (Å²) in [5, 5.41) is 0. The Morgan fingerprint density at radius 3 is 2.31 bits per heavy atom. The predicted molar refractivity (Wildman–Crippen MR) is 97.7 cm³/mol. The first-order valence-corrected chi connectivity index (χ1v) is 8.91. The van der Waals surface area contributed by atoms with Crippen molar-refractivity contribution >= 4 is 23.5 Å². The van der Waals surface area contributed by atoms with Crippen LogP contribution in [0.1, 0.15) is 6.42 Å². The van der Waals surface area contributed by atoms with E-state index in [4.69, 9.17) is 0 Å². The van der Waals surface area contributed by atoms with Crippen LogP contribution in [0.25, 0.3) is 0 Å².